The Bertz CT molecular complexity index is 649. The molecule has 0 bridgehead atoms. The van der Waals surface area contributed by atoms with Gasteiger partial charge >= 0.3 is 0 Å². The predicted octanol–water partition coefficient (Wildman–Crippen LogP) is 6.65. The van der Waals surface area contributed by atoms with Crippen LogP contribution in [0.3, 0.4) is 0 Å². The van der Waals surface area contributed by atoms with Crippen LogP contribution in [0, 0.1) is 0 Å². The van der Waals surface area contributed by atoms with Crippen LogP contribution in [-0.2, 0) is 0 Å². The highest BCUT2D eigenvalue weighted by atomic mass is 16.5. The van der Waals surface area contributed by atoms with E-state index in [1.807, 2.05) is 24.3 Å². The average molecular weight is 338 g/mol. The van der Waals surface area contributed by atoms with E-state index in [0.717, 1.165) is 30.8 Å². The van der Waals surface area contributed by atoms with Crippen molar-refractivity contribution in [2.24, 2.45) is 10.2 Å². The molecule has 0 fully saturated rings. The molecule has 0 amide bonds. The summed E-state index contributed by atoms with van der Waals surface area (Å²) in [5, 5.41) is 8.35. The van der Waals surface area contributed by atoms with Crippen molar-refractivity contribution in [3.8, 4) is 5.75 Å². The predicted molar refractivity (Wildman–Crippen MR) is 101 cm³/mol. The summed E-state index contributed by atoms with van der Waals surface area (Å²) in [6, 6.07) is 14.6. The fraction of sp³-hybridized carbons (Fsp3) is 0.381. The van der Waals surface area contributed by atoms with Crippen molar-refractivity contribution in [2.75, 3.05) is 6.61 Å². The number of carbonyl (C=O) groups is 1. The van der Waals surface area contributed by atoms with Gasteiger partial charge in [-0.05, 0) is 55.0 Å². The summed E-state index contributed by atoms with van der Waals surface area (Å²) >= 11 is 0. The minimum absolute atomic E-state index is 0.630. The zero-order valence-corrected chi connectivity index (χ0v) is 14.9. The Morgan fingerprint density at radius 2 is 1.36 bits per heavy atom. The first kappa shape index (κ1) is 18.8. The van der Waals surface area contributed by atoms with Gasteiger partial charge in [-0.3, -0.25) is 4.79 Å². The molecule has 0 spiro atoms. The summed E-state index contributed by atoms with van der Waals surface area (Å²) in [4.78, 5) is 10.6. The van der Waals surface area contributed by atoms with Crippen molar-refractivity contribution in [1.29, 1.82) is 0 Å². The first-order valence-electron chi connectivity index (χ1n) is 9.01. The highest BCUT2D eigenvalue weighted by molar-refractivity contribution is 5.75. The van der Waals surface area contributed by atoms with Crippen LogP contribution in [-0.4, -0.2) is 12.9 Å². The van der Waals surface area contributed by atoms with Gasteiger partial charge in [0.15, 0.2) is 0 Å². The molecule has 0 radical (unpaired) electrons. The smallest absolute Gasteiger partial charge is 0.150 e. The lowest BCUT2D eigenvalue weighted by atomic mass is 10.1. The second-order valence-electron chi connectivity index (χ2n) is 6.02. The van der Waals surface area contributed by atoms with Gasteiger partial charge in [-0.15, -0.1) is 0 Å². The molecule has 0 aliphatic rings. The third-order valence-electron chi connectivity index (χ3n) is 3.91. The first-order chi connectivity index (χ1) is 12.3. The van der Waals surface area contributed by atoms with Crippen LogP contribution in [0.15, 0.2) is 58.8 Å². The van der Waals surface area contributed by atoms with Crippen LogP contribution in [0.5, 0.6) is 5.75 Å². The van der Waals surface area contributed by atoms with Crippen LogP contribution in [0.25, 0.3) is 0 Å². The quantitative estimate of drug-likeness (QED) is 0.261. The number of nitrogens with zero attached hydrogens (tertiary/aromatic N) is 2. The van der Waals surface area contributed by atoms with E-state index in [-0.39, 0.29) is 0 Å². The van der Waals surface area contributed by atoms with Crippen molar-refractivity contribution in [3.05, 3.63) is 54.1 Å². The van der Waals surface area contributed by atoms with Gasteiger partial charge in [-0.2, -0.15) is 10.2 Å². The van der Waals surface area contributed by atoms with Crippen LogP contribution in [0.2, 0.25) is 0 Å². The number of azo groups is 1. The Morgan fingerprint density at radius 3 is 1.96 bits per heavy atom. The normalized spacial score (nSPS) is 10.9. The highest BCUT2D eigenvalue weighted by Crippen LogP contribution is 2.21. The van der Waals surface area contributed by atoms with Gasteiger partial charge in [0.2, 0.25) is 0 Å². The number of aldehydes is 1. The number of unbranched alkanes of at least 4 members (excludes halogenated alkanes) is 5. The molecule has 0 saturated heterocycles. The Balaban J connectivity index is 1.73. The maximum Gasteiger partial charge on any atom is 0.150 e. The molecule has 132 valence electrons. The lowest BCUT2D eigenvalue weighted by Crippen LogP contribution is -1.96. The van der Waals surface area contributed by atoms with Gasteiger partial charge in [0, 0.05) is 5.56 Å². The molecule has 2 aromatic carbocycles. The van der Waals surface area contributed by atoms with Gasteiger partial charge in [-0.25, -0.2) is 0 Å². The van der Waals surface area contributed by atoms with Gasteiger partial charge in [-0.1, -0.05) is 39.0 Å². The average Bonchev–Trinajstić information content (AvgIpc) is 2.67. The van der Waals surface area contributed by atoms with Gasteiger partial charge in [0.05, 0.1) is 18.0 Å². The highest BCUT2D eigenvalue weighted by Gasteiger charge is 1.96. The van der Waals surface area contributed by atoms with Crippen molar-refractivity contribution >= 4 is 17.7 Å². The number of ether oxygens (including phenoxy) is 1. The monoisotopic (exact) mass is 338 g/mol. The molecule has 2 rings (SSSR count). The molecule has 0 atom stereocenters. The fourth-order valence-electron chi connectivity index (χ4n) is 2.42. The molecular formula is C21H26N2O2. The molecule has 25 heavy (non-hydrogen) atoms. The molecule has 4 nitrogen and oxygen atoms in total. The maximum atomic E-state index is 10.6. The molecule has 4 heteroatoms. The lowest BCUT2D eigenvalue weighted by Gasteiger charge is -2.06. The van der Waals surface area contributed by atoms with E-state index in [1.165, 1.54) is 32.1 Å². The maximum absolute atomic E-state index is 10.6. The van der Waals surface area contributed by atoms with Gasteiger partial charge in [0.25, 0.3) is 0 Å². The Kier molecular flexibility index (Phi) is 8.39. The van der Waals surface area contributed by atoms with E-state index in [0.29, 0.717) is 11.3 Å². The second-order valence-corrected chi connectivity index (χ2v) is 6.02. The van der Waals surface area contributed by atoms with Crippen LogP contribution in [0.1, 0.15) is 55.8 Å². The van der Waals surface area contributed by atoms with E-state index in [2.05, 4.69) is 17.2 Å². The standard InChI is InChI=1S/C21H26N2O2/c1-2-3-4-5-6-7-16-25-21-14-12-20(13-15-21)23-22-19-10-8-18(17-24)9-11-19/h8-15,17H,2-7,16H2,1H3. The SMILES string of the molecule is CCCCCCCCOc1ccc(N=Nc2ccc(C=O)cc2)cc1. The first-order valence-corrected chi connectivity index (χ1v) is 9.01. The Hall–Kier alpha value is -2.49. The van der Waals surface area contributed by atoms with Crippen LogP contribution < -0.4 is 4.74 Å². The molecule has 2 aromatic rings. The molecular weight excluding hydrogens is 312 g/mol. The van der Waals surface area contributed by atoms with Crippen molar-refractivity contribution < 1.29 is 9.53 Å². The minimum Gasteiger partial charge on any atom is -0.494 e. The Labute approximate surface area is 149 Å². The van der Waals surface area contributed by atoms with E-state index in [1.54, 1.807) is 24.3 Å². The van der Waals surface area contributed by atoms with E-state index >= 15 is 0 Å². The third kappa shape index (κ3) is 7.29. The number of carbonyl (C=O) groups excluding carboxylic acids is 1. The summed E-state index contributed by atoms with van der Waals surface area (Å²) in [5.41, 5.74) is 2.12. The molecule has 0 aromatic heterocycles. The molecule has 0 aliphatic heterocycles. The Morgan fingerprint density at radius 1 is 0.800 bits per heavy atom. The number of hydrogen-bond donors (Lipinski definition) is 0. The largest absolute Gasteiger partial charge is 0.494 e. The third-order valence-corrected chi connectivity index (χ3v) is 3.91. The molecule has 0 aliphatic carbocycles. The topological polar surface area (TPSA) is 51.0 Å². The van der Waals surface area contributed by atoms with Crippen molar-refractivity contribution in [3.63, 3.8) is 0 Å². The van der Waals surface area contributed by atoms with Crippen LogP contribution >= 0.6 is 0 Å². The van der Waals surface area contributed by atoms with E-state index in [4.69, 9.17) is 4.74 Å². The number of hydrogen-bond acceptors (Lipinski definition) is 4. The summed E-state index contributed by atoms with van der Waals surface area (Å²) in [6.45, 7) is 2.99. The zero-order chi connectivity index (χ0) is 17.7. The van der Waals surface area contributed by atoms with Crippen LogP contribution in [0.4, 0.5) is 11.4 Å². The van der Waals surface area contributed by atoms with E-state index in [9.17, 15) is 4.79 Å². The lowest BCUT2D eigenvalue weighted by molar-refractivity contribution is 0.112. The second kappa shape index (κ2) is 11.1. The van der Waals surface area contributed by atoms with E-state index < -0.39 is 0 Å². The molecule has 0 N–H and O–H groups in total. The zero-order valence-electron chi connectivity index (χ0n) is 14.9. The molecule has 0 saturated carbocycles. The summed E-state index contributed by atoms with van der Waals surface area (Å²) in [7, 11) is 0. The number of benzene rings is 2. The van der Waals surface area contributed by atoms with Crippen molar-refractivity contribution in [2.45, 2.75) is 45.4 Å². The van der Waals surface area contributed by atoms with Gasteiger partial charge < -0.3 is 4.74 Å². The molecule has 0 heterocycles. The fourth-order valence-corrected chi connectivity index (χ4v) is 2.42. The summed E-state index contributed by atoms with van der Waals surface area (Å²) < 4.78 is 5.75. The summed E-state index contributed by atoms with van der Waals surface area (Å²) in [6.07, 6.45) is 8.38. The van der Waals surface area contributed by atoms with Gasteiger partial charge in [0.1, 0.15) is 12.0 Å². The summed E-state index contributed by atoms with van der Waals surface area (Å²) in [5.74, 6) is 0.864. The molecule has 0 unspecified atom stereocenters. The number of rotatable bonds is 11. The van der Waals surface area contributed by atoms with Crippen molar-refractivity contribution in [1.82, 2.24) is 0 Å². The minimum atomic E-state index is 0.630.